The number of rotatable bonds is 8. The first kappa shape index (κ1) is 25.6. The largest absolute Gasteiger partial charge is 0.444 e. The number of aromatic nitrogens is 3. The summed E-state index contributed by atoms with van der Waals surface area (Å²) in [5, 5.41) is 11.4. The molecule has 2 aromatic rings. The summed E-state index contributed by atoms with van der Waals surface area (Å²) in [6.07, 6.45) is 3.38. The van der Waals surface area contributed by atoms with Crippen LogP contribution in [0.25, 0.3) is 0 Å². The third kappa shape index (κ3) is 7.78. The number of hydrogen-bond donors (Lipinski definition) is 2. The first-order valence-corrected chi connectivity index (χ1v) is 11.1. The Balaban J connectivity index is 0.00000341. The van der Waals surface area contributed by atoms with Gasteiger partial charge in [-0.1, -0.05) is 0 Å². The molecule has 0 aliphatic carbocycles. The van der Waals surface area contributed by atoms with E-state index in [1.54, 1.807) is 0 Å². The van der Waals surface area contributed by atoms with Crippen LogP contribution in [0.15, 0.2) is 15.5 Å². The van der Waals surface area contributed by atoms with Gasteiger partial charge in [-0.25, -0.2) is 4.98 Å². The molecule has 0 spiro atoms. The van der Waals surface area contributed by atoms with Crippen molar-refractivity contribution >= 4 is 29.9 Å². The van der Waals surface area contributed by atoms with Crippen molar-refractivity contribution in [3.63, 3.8) is 0 Å². The van der Waals surface area contributed by atoms with Crippen molar-refractivity contribution in [2.24, 2.45) is 10.9 Å². The van der Waals surface area contributed by atoms with Crippen LogP contribution < -0.4 is 10.6 Å². The number of guanidine groups is 1. The average Bonchev–Trinajstić information content (AvgIpc) is 3.21. The fourth-order valence-corrected chi connectivity index (χ4v) is 3.95. The van der Waals surface area contributed by atoms with Crippen molar-refractivity contribution < 1.29 is 4.42 Å². The number of oxazole rings is 1. The molecule has 3 heterocycles. The molecule has 174 valence electrons. The minimum absolute atomic E-state index is 0. The molecular weight excluding hydrogens is 505 g/mol. The molecule has 2 aromatic heterocycles. The van der Waals surface area contributed by atoms with Gasteiger partial charge in [-0.05, 0) is 72.0 Å². The summed E-state index contributed by atoms with van der Waals surface area (Å²) in [5.74, 6) is 3.32. The number of aliphatic imine (C=N–C) groups is 1. The molecule has 1 aliphatic heterocycles. The molecule has 0 bridgehead atoms. The van der Waals surface area contributed by atoms with Crippen LogP contribution in [0.3, 0.4) is 0 Å². The fourth-order valence-electron chi connectivity index (χ4n) is 3.95. The van der Waals surface area contributed by atoms with Gasteiger partial charge >= 0.3 is 0 Å². The van der Waals surface area contributed by atoms with E-state index < -0.39 is 0 Å². The lowest BCUT2D eigenvalue weighted by molar-refractivity contribution is 0.164. The summed E-state index contributed by atoms with van der Waals surface area (Å²) in [6.45, 7) is 13.9. The van der Waals surface area contributed by atoms with Crippen LogP contribution >= 0.6 is 24.0 Å². The lowest BCUT2D eigenvalue weighted by atomic mass is 9.97. The Hall–Kier alpha value is -1.62. The maximum Gasteiger partial charge on any atom is 0.208 e. The normalized spacial score (nSPS) is 15.7. The van der Waals surface area contributed by atoms with Gasteiger partial charge < -0.3 is 15.1 Å². The molecule has 1 aliphatic rings. The Kier molecular flexibility index (Phi) is 10.3. The predicted octanol–water partition coefficient (Wildman–Crippen LogP) is 3.19. The molecule has 2 N–H and O–H groups in total. The van der Waals surface area contributed by atoms with Crippen LogP contribution in [0.1, 0.15) is 48.0 Å². The molecule has 0 radical (unpaired) electrons. The monoisotopic (exact) mass is 543 g/mol. The first-order chi connectivity index (χ1) is 14.4. The van der Waals surface area contributed by atoms with E-state index in [0.717, 1.165) is 74.7 Å². The van der Waals surface area contributed by atoms with E-state index in [4.69, 9.17) is 4.42 Å². The van der Waals surface area contributed by atoms with E-state index in [-0.39, 0.29) is 24.0 Å². The Morgan fingerprint density at radius 2 is 1.94 bits per heavy atom. The molecule has 1 saturated heterocycles. The Bertz CT molecular complexity index is 818. The number of nitrogens with one attached hydrogen (secondary N) is 2. The van der Waals surface area contributed by atoms with E-state index in [1.807, 2.05) is 27.8 Å². The quantitative estimate of drug-likeness (QED) is 0.230. The van der Waals surface area contributed by atoms with Gasteiger partial charge in [0.2, 0.25) is 5.89 Å². The number of hydrogen-bond acceptors (Lipinski definition) is 5. The summed E-state index contributed by atoms with van der Waals surface area (Å²) in [5.41, 5.74) is 3.29. The average molecular weight is 543 g/mol. The van der Waals surface area contributed by atoms with Crippen molar-refractivity contribution in [2.45, 2.75) is 60.0 Å². The Morgan fingerprint density at radius 1 is 1.19 bits per heavy atom. The SMILES string of the molecule is CN=C(NCCCn1nc(C)cc1C)NCC1CCN(Cc2nc(C)c(C)o2)CC1.I. The lowest BCUT2D eigenvalue weighted by Gasteiger charge is -2.31. The van der Waals surface area contributed by atoms with E-state index in [1.165, 1.54) is 18.5 Å². The first-order valence-electron chi connectivity index (χ1n) is 11.1. The van der Waals surface area contributed by atoms with E-state index in [0.29, 0.717) is 5.92 Å². The van der Waals surface area contributed by atoms with Crippen LogP contribution in [0.4, 0.5) is 0 Å². The van der Waals surface area contributed by atoms with Gasteiger partial charge in [-0.15, -0.1) is 24.0 Å². The highest BCUT2D eigenvalue weighted by Crippen LogP contribution is 2.19. The number of nitrogens with zero attached hydrogens (tertiary/aromatic N) is 5. The van der Waals surface area contributed by atoms with Gasteiger partial charge in [0.15, 0.2) is 5.96 Å². The molecule has 0 atom stereocenters. The van der Waals surface area contributed by atoms with Gasteiger partial charge in [-0.2, -0.15) is 5.10 Å². The Morgan fingerprint density at radius 3 is 2.52 bits per heavy atom. The minimum Gasteiger partial charge on any atom is -0.444 e. The molecule has 0 unspecified atom stereocenters. The smallest absolute Gasteiger partial charge is 0.208 e. The van der Waals surface area contributed by atoms with Crippen LogP contribution in [0, 0.1) is 33.6 Å². The Labute approximate surface area is 203 Å². The van der Waals surface area contributed by atoms with Crippen molar-refractivity contribution in [1.29, 1.82) is 0 Å². The van der Waals surface area contributed by atoms with Gasteiger partial charge in [0.1, 0.15) is 5.76 Å². The third-order valence-corrected chi connectivity index (χ3v) is 5.86. The second-order valence-corrected chi connectivity index (χ2v) is 8.35. The molecule has 8 nitrogen and oxygen atoms in total. The van der Waals surface area contributed by atoms with Crippen molar-refractivity contribution in [1.82, 2.24) is 30.3 Å². The lowest BCUT2D eigenvalue weighted by Crippen LogP contribution is -2.43. The van der Waals surface area contributed by atoms with Gasteiger partial charge in [-0.3, -0.25) is 14.6 Å². The summed E-state index contributed by atoms with van der Waals surface area (Å²) >= 11 is 0. The van der Waals surface area contributed by atoms with Crippen molar-refractivity contribution in [3.05, 3.63) is 34.8 Å². The number of halogens is 1. The zero-order valence-corrected chi connectivity index (χ0v) is 21.9. The standard InChI is InChI=1S/C22H37N7O.HI/c1-16-13-17(2)29(27-16)10-6-9-24-22(23-5)25-14-20-7-11-28(12-8-20)15-21-26-18(3)19(4)30-21;/h13,20H,6-12,14-15H2,1-5H3,(H2,23,24,25);1H. The highest BCUT2D eigenvalue weighted by molar-refractivity contribution is 14.0. The van der Waals surface area contributed by atoms with Crippen molar-refractivity contribution in [3.8, 4) is 0 Å². The molecule has 3 rings (SSSR count). The van der Waals surface area contributed by atoms with E-state index in [2.05, 4.69) is 48.3 Å². The molecule has 31 heavy (non-hydrogen) atoms. The minimum atomic E-state index is 0. The summed E-state index contributed by atoms with van der Waals surface area (Å²) < 4.78 is 7.80. The van der Waals surface area contributed by atoms with Gasteiger partial charge in [0.25, 0.3) is 0 Å². The number of likely N-dealkylation sites (tertiary alicyclic amines) is 1. The van der Waals surface area contributed by atoms with Crippen LogP contribution in [-0.4, -0.2) is 58.9 Å². The summed E-state index contributed by atoms with van der Waals surface area (Å²) in [7, 11) is 1.83. The maximum atomic E-state index is 5.73. The van der Waals surface area contributed by atoms with Crippen molar-refractivity contribution in [2.75, 3.05) is 33.2 Å². The summed E-state index contributed by atoms with van der Waals surface area (Å²) in [6, 6.07) is 2.12. The fraction of sp³-hybridized carbons (Fsp3) is 0.682. The van der Waals surface area contributed by atoms with E-state index in [9.17, 15) is 0 Å². The molecule has 0 saturated carbocycles. The molecule has 0 aromatic carbocycles. The maximum absolute atomic E-state index is 5.73. The number of aryl methyl sites for hydroxylation is 5. The topological polar surface area (TPSA) is 83.5 Å². The van der Waals surface area contributed by atoms with Crippen LogP contribution in [0.2, 0.25) is 0 Å². The molecule has 9 heteroatoms. The second kappa shape index (κ2) is 12.4. The summed E-state index contributed by atoms with van der Waals surface area (Å²) in [4.78, 5) is 11.3. The molecular formula is C22H38IN7O. The van der Waals surface area contributed by atoms with Gasteiger partial charge in [0, 0.05) is 32.4 Å². The van der Waals surface area contributed by atoms with Crippen LogP contribution in [-0.2, 0) is 13.1 Å². The van der Waals surface area contributed by atoms with Crippen LogP contribution in [0.5, 0.6) is 0 Å². The third-order valence-electron chi connectivity index (χ3n) is 5.86. The van der Waals surface area contributed by atoms with E-state index >= 15 is 0 Å². The highest BCUT2D eigenvalue weighted by atomic mass is 127. The number of piperidine rings is 1. The molecule has 1 fully saturated rings. The van der Waals surface area contributed by atoms with Gasteiger partial charge in [0.05, 0.1) is 17.9 Å². The highest BCUT2D eigenvalue weighted by Gasteiger charge is 2.21. The predicted molar refractivity (Wildman–Crippen MR) is 135 cm³/mol. The zero-order chi connectivity index (χ0) is 21.5. The molecule has 0 amide bonds. The zero-order valence-electron chi connectivity index (χ0n) is 19.6. The second-order valence-electron chi connectivity index (χ2n) is 8.35.